The second kappa shape index (κ2) is 6.25. The smallest absolute Gasteiger partial charge is 0.151 e. The summed E-state index contributed by atoms with van der Waals surface area (Å²) in [5.41, 5.74) is 13.6. The third kappa shape index (κ3) is 2.63. The molecule has 0 atom stereocenters. The zero-order valence-electron chi connectivity index (χ0n) is 13.8. The van der Waals surface area contributed by atoms with E-state index in [2.05, 4.69) is 15.2 Å². The van der Waals surface area contributed by atoms with Crippen molar-refractivity contribution in [1.82, 2.24) is 4.98 Å². The Morgan fingerprint density at radius 1 is 0.846 bits per heavy atom. The number of pyridine rings is 1. The van der Waals surface area contributed by atoms with E-state index >= 15 is 0 Å². The van der Waals surface area contributed by atoms with Crippen molar-refractivity contribution in [3.63, 3.8) is 0 Å². The van der Waals surface area contributed by atoms with Crippen LogP contribution in [0, 0.1) is 5.41 Å². The molecular weight excluding hydrogens is 324 g/mol. The minimum atomic E-state index is 0.0205. The molecule has 0 fully saturated rings. The molecule has 0 saturated heterocycles. The Morgan fingerprint density at radius 2 is 1.54 bits per heavy atom. The number of hydrogen-bond donors (Lipinski definition) is 3. The van der Waals surface area contributed by atoms with Gasteiger partial charge in [0.2, 0.25) is 0 Å². The number of hydrogen-bond acceptors (Lipinski definition) is 5. The Balaban J connectivity index is 1.88. The predicted molar refractivity (Wildman–Crippen MR) is 105 cm³/mol. The van der Waals surface area contributed by atoms with Crippen LogP contribution < -0.4 is 11.5 Å². The van der Waals surface area contributed by atoms with Crippen LogP contribution >= 0.6 is 0 Å². The number of anilines is 1. The Hall–Kier alpha value is -3.80. The minimum Gasteiger partial charge on any atom is -0.384 e. The van der Waals surface area contributed by atoms with E-state index in [1.165, 1.54) is 0 Å². The van der Waals surface area contributed by atoms with Crippen LogP contribution in [0.3, 0.4) is 0 Å². The standard InChI is InChI=1S/C20H16N6/c21-19(22)16-9-10-17(15-8-4-3-7-14(15)16)25-26-18-13-6-2-1-5-12(13)11-24-20(18)23/h1-11H,(H3,21,22)(H2,23,24)/b26-25+. The predicted octanol–water partition coefficient (Wildman–Crippen LogP) is 4.67. The fourth-order valence-corrected chi connectivity index (χ4v) is 2.98. The molecule has 0 amide bonds. The summed E-state index contributed by atoms with van der Waals surface area (Å²) < 4.78 is 0. The summed E-state index contributed by atoms with van der Waals surface area (Å²) >= 11 is 0. The average Bonchev–Trinajstić information content (AvgIpc) is 2.67. The number of benzene rings is 3. The van der Waals surface area contributed by atoms with Crippen molar-refractivity contribution >= 4 is 44.6 Å². The molecule has 6 nitrogen and oxygen atoms in total. The molecule has 0 saturated carbocycles. The van der Waals surface area contributed by atoms with E-state index in [4.69, 9.17) is 16.9 Å². The highest BCUT2D eigenvalue weighted by Gasteiger charge is 2.09. The van der Waals surface area contributed by atoms with E-state index in [1.54, 1.807) is 18.3 Å². The van der Waals surface area contributed by atoms with Gasteiger partial charge in [-0.3, -0.25) is 5.41 Å². The topological polar surface area (TPSA) is 114 Å². The zero-order chi connectivity index (χ0) is 18.1. The number of amidine groups is 1. The molecule has 0 aliphatic heterocycles. The molecule has 0 bridgehead atoms. The van der Waals surface area contributed by atoms with Crippen LogP contribution in [0.15, 0.2) is 77.1 Å². The highest BCUT2D eigenvalue weighted by atomic mass is 15.1. The summed E-state index contributed by atoms with van der Waals surface area (Å²) in [5.74, 6) is 0.351. The highest BCUT2D eigenvalue weighted by Crippen LogP contribution is 2.34. The lowest BCUT2D eigenvalue weighted by molar-refractivity contribution is 1.23. The maximum Gasteiger partial charge on any atom is 0.151 e. The third-order valence-corrected chi connectivity index (χ3v) is 4.25. The molecule has 4 aromatic rings. The summed E-state index contributed by atoms with van der Waals surface area (Å²) in [6.45, 7) is 0. The Kier molecular flexibility index (Phi) is 3.78. The molecule has 3 aromatic carbocycles. The van der Waals surface area contributed by atoms with Crippen LogP contribution in [0.4, 0.5) is 17.2 Å². The Morgan fingerprint density at radius 3 is 2.31 bits per heavy atom. The number of nitrogens with one attached hydrogen (secondary N) is 1. The fourth-order valence-electron chi connectivity index (χ4n) is 2.98. The van der Waals surface area contributed by atoms with Gasteiger partial charge in [0.05, 0.1) is 5.69 Å². The summed E-state index contributed by atoms with van der Waals surface area (Å²) in [4.78, 5) is 4.20. The monoisotopic (exact) mass is 340 g/mol. The van der Waals surface area contributed by atoms with Gasteiger partial charge < -0.3 is 11.5 Å². The molecular formula is C20H16N6. The first-order chi connectivity index (χ1) is 12.6. The van der Waals surface area contributed by atoms with Crippen LogP contribution in [0.2, 0.25) is 0 Å². The van der Waals surface area contributed by atoms with Gasteiger partial charge in [0, 0.05) is 27.9 Å². The zero-order valence-corrected chi connectivity index (χ0v) is 13.8. The largest absolute Gasteiger partial charge is 0.384 e. The van der Waals surface area contributed by atoms with Gasteiger partial charge in [-0.15, -0.1) is 10.2 Å². The second-order valence-electron chi connectivity index (χ2n) is 5.87. The van der Waals surface area contributed by atoms with E-state index in [-0.39, 0.29) is 5.84 Å². The SMILES string of the molecule is N=C(N)c1ccc(/N=N/c2c(N)ncc3ccccc23)c2ccccc12. The molecule has 126 valence electrons. The third-order valence-electron chi connectivity index (χ3n) is 4.25. The number of fused-ring (bicyclic) bond motifs is 2. The summed E-state index contributed by atoms with van der Waals surface area (Å²) in [6.07, 6.45) is 1.72. The molecule has 1 heterocycles. The molecule has 0 aliphatic rings. The summed E-state index contributed by atoms with van der Waals surface area (Å²) in [6, 6.07) is 19.0. The quantitative estimate of drug-likeness (QED) is 0.286. The van der Waals surface area contributed by atoms with Gasteiger partial charge in [-0.2, -0.15) is 0 Å². The van der Waals surface area contributed by atoms with Crippen LogP contribution in [0.25, 0.3) is 21.5 Å². The van der Waals surface area contributed by atoms with Gasteiger partial charge in [-0.25, -0.2) is 4.98 Å². The molecule has 26 heavy (non-hydrogen) atoms. The first-order valence-electron chi connectivity index (χ1n) is 8.06. The molecule has 6 heteroatoms. The van der Waals surface area contributed by atoms with Crippen molar-refractivity contribution < 1.29 is 0 Å². The number of nitrogens with zero attached hydrogens (tertiary/aromatic N) is 3. The first kappa shape index (κ1) is 15.7. The van der Waals surface area contributed by atoms with Gasteiger partial charge in [0.25, 0.3) is 0 Å². The summed E-state index contributed by atoms with van der Waals surface area (Å²) in [7, 11) is 0. The molecule has 0 unspecified atom stereocenters. The van der Waals surface area contributed by atoms with E-state index in [0.717, 1.165) is 21.5 Å². The minimum absolute atomic E-state index is 0.0205. The molecule has 0 spiro atoms. The maximum absolute atomic E-state index is 7.74. The average molecular weight is 340 g/mol. The van der Waals surface area contributed by atoms with E-state index in [0.29, 0.717) is 22.8 Å². The van der Waals surface area contributed by atoms with Crippen LogP contribution in [-0.4, -0.2) is 10.8 Å². The Labute approximate surface area is 149 Å². The number of nitrogens with two attached hydrogens (primary N) is 2. The van der Waals surface area contributed by atoms with Crippen LogP contribution in [0.5, 0.6) is 0 Å². The lowest BCUT2D eigenvalue weighted by atomic mass is 10.0. The van der Waals surface area contributed by atoms with Crippen molar-refractivity contribution in [1.29, 1.82) is 5.41 Å². The van der Waals surface area contributed by atoms with E-state index < -0.39 is 0 Å². The summed E-state index contributed by atoms with van der Waals surface area (Å²) in [5, 5.41) is 20.1. The Bertz CT molecular complexity index is 1180. The number of azo groups is 1. The van der Waals surface area contributed by atoms with Crippen molar-refractivity contribution in [3.8, 4) is 0 Å². The highest BCUT2D eigenvalue weighted by molar-refractivity contribution is 6.10. The number of nitrogen functional groups attached to an aromatic ring is 2. The molecule has 5 N–H and O–H groups in total. The van der Waals surface area contributed by atoms with E-state index in [1.807, 2.05) is 48.5 Å². The second-order valence-corrected chi connectivity index (χ2v) is 5.87. The normalized spacial score (nSPS) is 11.4. The van der Waals surface area contributed by atoms with Crippen molar-refractivity contribution in [2.24, 2.45) is 16.0 Å². The van der Waals surface area contributed by atoms with Gasteiger partial charge in [0.1, 0.15) is 11.5 Å². The van der Waals surface area contributed by atoms with Gasteiger partial charge in [0.15, 0.2) is 5.82 Å². The molecule has 0 aliphatic carbocycles. The molecule has 4 rings (SSSR count). The van der Waals surface area contributed by atoms with Crippen molar-refractivity contribution in [3.05, 3.63) is 72.4 Å². The molecule has 0 radical (unpaired) electrons. The van der Waals surface area contributed by atoms with Gasteiger partial charge in [-0.1, -0.05) is 48.5 Å². The lowest BCUT2D eigenvalue weighted by Crippen LogP contribution is -2.11. The first-order valence-corrected chi connectivity index (χ1v) is 8.06. The van der Waals surface area contributed by atoms with Crippen molar-refractivity contribution in [2.45, 2.75) is 0 Å². The van der Waals surface area contributed by atoms with E-state index in [9.17, 15) is 0 Å². The fraction of sp³-hybridized carbons (Fsp3) is 0. The van der Waals surface area contributed by atoms with Crippen LogP contribution in [0.1, 0.15) is 5.56 Å². The van der Waals surface area contributed by atoms with Gasteiger partial charge in [-0.05, 0) is 17.5 Å². The van der Waals surface area contributed by atoms with Crippen LogP contribution in [-0.2, 0) is 0 Å². The lowest BCUT2D eigenvalue weighted by Gasteiger charge is -2.07. The maximum atomic E-state index is 7.74. The number of aromatic nitrogens is 1. The molecule has 1 aromatic heterocycles. The van der Waals surface area contributed by atoms with Crippen molar-refractivity contribution in [2.75, 3.05) is 5.73 Å². The number of rotatable bonds is 3. The van der Waals surface area contributed by atoms with Gasteiger partial charge >= 0.3 is 0 Å².